The highest BCUT2D eigenvalue weighted by Crippen LogP contribution is 2.50. The Balaban J connectivity index is 2.30. The van der Waals surface area contributed by atoms with Gasteiger partial charge < -0.3 is 28.4 Å². The van der Waals surface area contributed by atoms with E-state index in [4.69, 9.17) is 14.2 Å². The van der Waals surface area contributed by atoms with Crippen LogP contribution in [0.3, 0.4) is 0 Å². The first-order chi connectivity index (χ1) is 19.4. The van der Waals surface area contributed by atoms with Crippen molar-refractivity contribution in [1.82, 2.24) is 0 Å². The average molecular weight is 787 g/mol. The number of ether oxygens (including phenoxy) is 6. The summed E-state index contributed by atoms with van der Waals surface area (Å²) >= 11 is 9.70. The Hall–Kier alpha value is -2.43. The zero-order valence-corrected chi connectivity index (χ0v) is 25.5. The zero-order chi connectivity index (χ0) is 30.4. The van der Waals surface area contributed by atoms with Gasteiger partial charge in [0.1, 0.15) is 6.61 Å². The maximum Gasteiger partial charge on any atom is 0.387 e. The first-order valence-corrected chi connectivity index (χ1v) is 13.5. The van der Waals surface area contributed by atoms with E-state index in [9.17, 15) is 26.3 Å². The van der Waals surface area contributed by atoms with Crippen molar-refractivity contribution in [3.8, 4) is 51.0 Å². The van der Waals surface area contributed by atoms with Crippen molar-refractivity contribution < 1.29 is 59.2 Å². The maximum absolute atomic E-state index is 16.3. The fourth-order valence-corrected chi connectivity index (χ4v) is 5.28. The van der Waals surface area contributed by atoms with Crippen LogP contribution in [0.2, 0.25) is 0 Å². The first-order valence-electron chi connectivity index (χ1n) is 11.1. The van der Waals surface area contributed by atoms with Crippen LogP contribution in [0, 0.1) is 5.82 Å². The van der Waals surface area contributed by atoms with Crippen molar-refractivity contribution in [3.63, 3.8) is 0 Å². The highest BCUT2D eigenvalue weighted by atomic mass is 79.9. The predicted molar refractivity (Wildman–Crippen MR) is 144 cm³/mol. The van der Waals surface area contributed by atoms with E-state index in [1.165, 1.54) is 32.4 Å². The van der Waals surface area contributed by atoms with Crippen molar-refractivity contribution in [2.75, 3.05) is 27.4 Å². The molecular weight excluding hydrogens is 769 g/mol. The number of hydrogen-bond acceptors (Lipinski definition) is 6. The van der Waals surface area contributed by atoms with Crippen molar-refractivity contribution in [3.05, 3.63) is 49.6 Å². The molecule has 0 aliphatic carbocycles. The second-order valence-electron chi connectivity index (χ2n) is 7.66. The molecule has 0 bridgehead atoms. The summed E-state index contributed by atoms with van der Waals surface area (Å²) < 4.78 is 123. The third-order valence-corrected chi connectivity index (χ3v) is 7.14. The molecule has 0 heterocycles. The zero-order valence-electron chi connectivity index (χ0n) is 20.8. The summed E-state index contributed by atoms with van der Waals surface area (Å²) in [6.45, 7) is -10.1. The Morgan fingerprint density at radius 1 is 0.610 bits per heavy atom. The summed E-state index contributed by atoms with van der Waals surface area (Å²) in [5.41, 5.74) is -0.142. The number of benzene rings is 3. The van der Waals surface area contributed by atoms with Gasteiger partial charge in [-0.1, -0.05) is 47.8 Å². The number of hydrogen-bond donors (Lipinski definition) is 0. The molecule has 3 rings (SSSR count). The lowest BCUT2D eigenvalue weighted by Gasteiger charge is -2.20. The van der Waals surface area contributed by atoms with E-state index in [1.54, 1.807) is 0 Å². The van der Waals surface area contributed by atoms with Crippen LogP contribution in [0.4, 0.5) is 30.7 Å². The summed E-state index contributed by atoms with van der Waals surface area (Å²) in [6.07, 6.45) is 0. The number of methoxy groups -OCH3 is 2. The molecule has 0 saturated carbocycles. The molecule has 0 aliphatic heterocycles. The third kappa shape index (κ3) is 8.11. The van der Waals surface area contributed by atoms with Gasteiger partial charge in [0.05, 0.1) is 13.7 Å². The van der Waals surface area contributed by atoms with Crippen LogP contribution < -0.4 is 23.7 Å². The molecule has 3 aromatic carbocycles. The van der Waals surface area contributed by atoms with E-state index < -0.39 is 37.2 Å². The quantitative estimate of drug-likeness (QED) is 0.127. The van der Waals surface area contributed by atoms with E-state index in [-0.39, 0.29) is 66.1 Å². The first kappa shape index (κ1) is 33.1. The molecule has 0 N–H and O–H groups in total. The summed E-state index contributed by atoms with van der Waals surface area (Å²) in [5, 5.41) is 0. The molecule has 0 fully saturated rings. The third-order valence-electron chi connectivity index (χ3n) is 5.20. The van der Waals surface area contributed by atoms with Crippen molar-refractivity contribution in [2.45, 2.75) is 19.8 Å². The summed E-state index contributed by atoms with van der Waals surface area (Å²) in [7, 11) is 2.62. The monoisotopic (exact) mass is 784 g/mol. The van der Waals surface area contributed by atoms with Crippen LogP contribution in [-0.4, -0.2) is 47.3 Å². The Bertz CT molecular complexity index is 1380. The molecular formula is C25H18Br3F7O6. The molecule has 0 aliphatic rings. The summed E-state index contributed by atoms with van der Waals surface area (Å²) in [6, 6.07) is 5.69. The van der Waals surface area contributed by atoms with Crippen LogP contribution in [0.15, 0.2) is 43.7 Å². The van der Waals surface area contributed by atoms with Crippen molar-refractivity contribution in [2.24, 2.45) is 0 Å². The fourth-order valence-electron chi connectivity index (χ4n) is 3.61. The Morgan fingerprint density at radius 3 is 1.63 bits per heavy atom. The molecule has 0 spiro atoms. The minimum Gasteiger partial charge on any atom is -0.493 e. The molecule has 16 heteroatoms. The molecule has 0 unspecified atom stereocenters. The molecule has 0 radical (unpaired) electrons. The van der Waals surface area contributed by atoms with Gasteiger partial charge in [-0.05, 0) is 30.3 Å². The highest BCUT2D eigenvalue weighted by molar-refractivity contribution is 9.11. The van der Waals surface area contributed by atoms with Crippen LogP contribution >= 0.6 is 47.8 Å². The lowest BCUT2D eigenvalue weighted by molar-refractivity contribution is -0.0692. The minimum atomic E-state index is -3.41. The summed E-state index contributed by atoms with van der Waals surface area (Å²) in [5.74, 6) is -3.33. The second-order valence-corrected chi connectivity index (χ2v) is 10.2. The summed E-state index contributed by atoms with van der Waals surface area (Å²) in [4.78, 5) is 0. The second kappa shape index (κ2) is 14.6. The lowest BCUT2D eigenvalue weighted by Crippen LogP contribution is -2.09. The average Bonchev–Trinajstić information content (AvgIpc) is 2.87. The standard InChI is InChI=1S/C25H18Br3F7O6/c1-36-3-4-38-22-11(10-6-17(39-23(30)31)16(37-2)8-13(10)26)5-15(28)20(21(22)29)12-7-18(40-24(32)33)19(9-14(12)27)41-25(34)35/h5-9,23-25H,3-4H2,1-2H3. The smallest absolute Gasteiger partial charge is 0.387 e. The van der Waals surface area contributed by atoms with E-state index in [0.717, 1.165) is 12.1 Å². The Kier molecular flexibility index (Phi) is 11.8. The van der Waals surface area contributed by atoms with Gasteiger partial charge >= 0.3 is 19.8 Å². The SMILES string of the molecule is COCCOc1c(-c2cc(OC(F)F)c(OC)cc2Br)cc(Br)c(-c2cc(OC(F)F)c(OC(F)F)cc2Br)c1F. The molecule has 3 aromatic rings. The number of halogens is 10. The molecule has 0 atom stereocenters. The van der Waals surface area contributed by atoms with Crippen LogP contribution in [0.1, 0.15) is 0 Å². The molecule has 0 aromatic heterocycles. The van der Waals surface area contributed by atoms with Gasteiger partial charge in [0, 0.05) is 42.8 Å². The topological polar surface area (TPSA) is 55.4 Å². The molecule has 0 saturated heterocycles. The lowest BCUT2D eigenvalue weighted by atomic mass is 9.97. The van der Waals surface area contributed by atoms with Crippen LogP contribution in [0.5, 0.6) is 28.7 Å². The molecule has 41 heavy (non-hydrogen) atoms. The van der Waals surface area contributed by atoms with Crippen molar-refractivity contribution in [1.29, 1.82) is 0 Å². The van der Waals surface area contributed by atoms with E-state index in [2.05, 4.69) is 62.0 Å². The van der Waals surface area contributed by atoms with Gasteiger partial charge in [0.2, 0.25) is 0 Å². The van der Waals surface area contributed by atoms with E-state index in [0.29, 0.717) is 0 Å². The molecule has 6 nitrogen and oxygen atoms in total. The molecule has 0 amide bonds. The van der Waals surface area contributed by atoms with Crippen molar-refractivity contribution >= 4 is 47.8 Å². The predicted octanol–water partition coefficient (Wildman–Crippen LogP) is 9.29. The van der Waals surface area contributed by atoms with Gasteiger partial charge in [-0.3, -0.25) is 0 Å². The number of alkyl halides is 6. The van der Waals surface area contributed by atoms with Crippen LogP contribution in [-0.2, 0) is 4.74 Å². The fraction of sp³-hybridized carbons (Fsp3) is 0.280. The van der Waals surface area contributed by atoms with Gasteiger partial charge in [-0.15, -0.1) is 0 Å². The van der Waals surface area contributed by atoms with E-state index >= 15 is 4.39 Å². The van der Waals surface area contributed by atoms with Gasteiger partial charge in [-0.25, -0.2) is 4.39 Å². The Labute approximate surface area is 254 Å². The Morgan fingerprint density at radius 2 is 1.10 bits per heavy atom. The minimum absolute atomic E-state index is 0.0248. The highest BCUT2D eigenvalue weighted by Gasteiger charge is 2.27. The maximum atomic E-state index is 16.3. The normalized spacial score (nSPS) is 11.4. The van der Waals surface area contributed by atoms with Crippen LogP contribution in [0.25, 0.3) is 22.3 Å². The largest absolute Gasteiger partial charge is 0.493 e. The van der Waals surface area contributed by atoms with Gasteiger partial charge in [-0.2, -0.15) is 26.3 Å². The van der Waals surface area contributed by atoms with Gasteiger partial charge in [0.15, 0.2) is 34.6 Å². The van der Waals surface area contributed by atoms with Gasteiger partial charge in [0.25, 0.3) is 0 Å². The molecule has 224 valence electrons. The van der Waals surface area contributed by atoms with E-state index in [1.807, 2.05) is 0 Å². The number of rotatable bonds is 13.